The van der Waals surface area contributed by atoms with E-state index in [2.05, 4.69) is 49.8 Å². The zero-order chi connectivity index (χ0) is 12.1. The fourth-order valence-electron chi connectivity index (χ4n) is 1.58. The number of halogens is 1. The molecule has 2 nitrogen and oxygen atoms in total. The van der Waals surface area contributed by atoms with Gasteiger partial charge in [0.1, 0.15) is 0 Å². The van der Waals surface area contributed by atoms with Gasteiger partial charge < -0.3 is 5.32 Å². The van der Waals surface area contributed by atoms with Gasteiger partial charge in [-0.3, -0.25) is 0 Å². The van der Waals surface area contributed by atoms with Gasteiger partial charge in [-0.1, -0.05) is 34.1 Å². The Labute approximate surface area is 114 Å². The van der Waals surface area contributed by atoms with Crippen LogP contribution in [0.15, 0.2) is 34.1 Å². The molecule has 4 heteroatoms. The van der Waals surface area contributed by atoms with Gasteiger partial charge in [0.05, 0.1) is 5.01 Å². The summed E-state index contributed by atoms with van der Waals surface area (Å²) in [5.41, 5.74) is 2.42. The number of nitrogens with one attached hydrogen (secondary N) is 1. The molecule has 0 radical (unpaired) electrons. The second-order valence-electron chi connectivity index (χ2n) is 3.90. The van der Waals surface area contributed by atoms with Crippen molar-refractivity contribution < 1.29 is 0 Å². The number of hydrogen-bond donors (Lipinski definition) is 1. The van der Waals surface area contributed by atoms with Crippen molar-refractivity contribution in [2.24, 2.45) is 0 Å². The van der Waals surface area contributed by atoms with Crippen LogP contribution in [0.2, 0.25) is 0 Å². The Hall–Kier alpha value is -0.710. The molecule has 0 aliphatic carbocycles. The van der Waals surface area contributed by atoms with Gasteiger partial charge in [-0.25, -0.2) is 4.98 Å². The van der Waals surface area contributed by atoms with Gasteiger partial charge in [0, 0.05) is 35.1 Å². The van der Waals surface area contributed by atoms with E-state index in [9.17, 15) is 0 Å². The summed E-state index contributed by atoms with van der Waals surface area (Å²) in [7, 11) is 0. The van der Waals surface area contributed by atoms with Crippen molar-refractivity contribution in [3.8, 4) is 0 Å². The highest BCUT2D eigenvalue weighted by molar-refractivity contribution is 9.10. The average molecular weight is 311 g/mol. The van der Waals surface area contributed by atoms with E-state index < -0.39 is 0 Å². The van der Waals surface area contributed by atoms with Gasteiger partial charge in [0.25, 0.3) is 0 Å². The second kappa shape index (κ2) is 6.28. The highest BCUT2D eigenvalue weighted by Crippen LogP contribution is 2.15. The van der Waals surface area contributed by atoms with E-state index in [1.54, 1.807) is 11.3 Å². The third-order valence-electron chi connectivity index (χ3n) is 2.46. The summed E-state index contributed by atoms with van der Waals surface area (Å²) >= 11 is 5.28. The van der Waals surface area contributed by atoms with E-state index in [4.69, 9.17) is 0 Å². The van der Waals surface area contributed by atoms with E-state index in [0.29, 0.717) is 0 Å². The summed E-state index contributed by atoms with van der Waals surface area (Å²) in [6.07, 6.45) is 1.00. The highest BCUT2D eigenvalue weighted by Gasteiger charge is 2.00. The first kappa shape index (κ1) is 12.7. The van der Waals surface area contributed by atoms with Crippen molar-refractivity contribution in [2.75, 3.05) is 6.54 Å². The number of nitrogens with zero attached hydrogens (tertiary/aromatic N) is 1. The van der Waals surface area contributed by atoms with Crippen molar-refractivity contribution in [3.63, 3.8) is 0 Å². The summed E-state index contributed by atoms with van der Waals surface area (Å²) in [5.74, 6) is 0. The standard InChI is InChI=1S/C13H15BrN2S/c1-10-9-17-13(16-10)6-7-15-8-11-4-2-3-5-12(11)14/h2-5,9,15H,6-8H2,1H3. The van der Waals surface area contributed by atoms with Crippen LogP contribution in [-0.4, -0.2) is 11.5 Å². The average Bonchev–Trinajstić information content (AvgIpc) is 2.73. The summed E-state index contributed by atoms with van der Waals surface area (Å²) in [5, 5.41) is 6.75. The van der Waals surface area contributed by atoms with Crippen molar-refractivity contribution in [1.29, 1.82) is 0 Å². The second-order valence-corrected chi connectivity index (χ2v) is 5.70. The Morgan fingerprint density at radius 2 is 2.18 bits per heavy atom. The molecule has 0 unspecified atom stereocenters. The largest absolute Gasteiger partial charge is 0.312 e. The van der Waals surface area contributed by atoms with Crippen LogP contribution in [0.5, 0.6) is 0 Å². The topological polar surface area (TPSA) is 24.9 Å². The van der Waals surface area contributed by atoms with Gasteiger partial charge in [-0.2, -0.15) is 0 Å². The molecule has 2 aromatic rings. The van der Waals surface area contributed by atoms with Crippen LogP contribution in [0.1, 0.15) is 16.3 Å². The lowest BCUT2D eigenvalue weighted by Gasteiger charge is -2.05. The number of benzene rings is 1. The number of aromatic nitrogens is 1. The molecule has 1 heterocycles. The van der Waals surface area contributed by atoms with Gasteiger partial charge in [-0.15, -0.1) is 11.3 Å². The van der Waals surface area contributed by atoms with Crippen molar-refractivity contribution in [3.05, 3.63) is 50.4 Å². The van der Waals surface area contributed by atoms with E-state index in [1.807, 2.05) is 13.0 Å². The van der Waals surface area contributed by atoms with Crippen LogP contribution in [-0.2, 0) is 13.0 Å². The molecule has 0 saturated heterocycles. The molecule has 0 saturated carbocycles. The zero-order valence-electron chi connectivity index (χ0n) is 9.74. The zero-order valence-corrected chi connectivity index (χ0v) is 12.1. The highest BCUT2D eigenvalue weighted by atomic mass is 79.9. The number of hydrogen-bond acceptors (Lipinski definition) is 3. The van der Waals surface area contributed by atoms with E-state index >= 15 is 0 Å². The van der Waals surface area contributed by atoms with Gasteiger partial charge in [-0.05, 0) is 18.6 Å². The number of rotatable bonds is 5. The van der Waals surface area contributed by atoms with Crippen molar-refractivity contribution in [2.45, 2.75) is 19.9 Å². The lowest BCUT2D eigenvalue weighted by molar-refractivity contribution is 0.683. The summed E-state index contributed by atoms with van der Waals surface area (Å²) in [6.45, 7) is 3.90. The fourth-order valence-corrected chi connectivity index (χ4v) is 2.78. The molecule has 2 rings (SSSR count). The first-order valence-electron chi connectivity index (χ1n) is 5.61. The molecule has 0 spiro atoms. The SMILES string of the molecule is Cc1csc(CCNCc2ccccc2Br)n1. The molecule has 0 fully saturated rings. The third-order valence-corrected chi connectivity index (χ3v) is 4.26. The van der Waals surface area contributed by atoms with Crippen LogP contribution in [0, 0.1) is 6.92 Å². The molecule has 17 heavy (non-hydrogen) atoms. The van der Waals surface area contributed by atoms with Crippen molar-refractivity contribution >= 4 is 27.3 Å². The van der Waals surface area contributed by atoms with Gasteiger partial charge in [0.2, 0.25) is 0 Å². The predicted octanol–water partition coefficient (Wildman–Crippen LogP) is 3.55. The molecule has 0 atom stereocenters. The van der Waals surface area contributed by atoms with Gasteiger partial charge >= 0.3 is 0 Å². The minimum atomic E-state index is 0.895. The molecule has 1 N–H and O–H groups in total. The Kier molecular flexibility index (Phi) is 4.71. The molecule has 0 aliphatic heterocycles. The number of thiazole rings is 1. The summed E-state index contributed by atoms with van der Waals surface area (Å²) in [6, 6.07) is 8.30. The monoisotopic (exact) mass is 310 g/mol. The van der Waals surface area contributed by atoms with Crippen LogP contribution in [0.25, 0.3) is 0 Å². The summed E-state index contributed by atoms with van der Waals surface area (Å²) < 4.78 is 1.16. The lowest BCUT2D eigenvalue weighted by Crippen LogP contribution is -2.16. The normalized spacial score (nSPS) is 10.7. The van der Waals surface area contributed by atoms with Crippen LogP contribution < -0.4 is 5.32 Å². The van der Waals surface area contributed by atoms with Crippen LogP contribution in [0.3, 0.4) is 0 Å². The first-order chi connectivity index (χ1) is 8.25. The maximum Gasteiger partial charge on any atom is 0.0940 e. The molecule has 1 aromatic carbocycles. The molecule has 0 amide bonds. The fraction of sp³-hybridized carbons (Fsp3) is 0.308. The Morgan fingerprint density at radius 1 is 1.35 bits per heavy atom. The van der Waals surface area contributed by atoms with E-state index in [0.717, 1.165) is 29.7 Å². The molecular formula is C13H15BrN2S. The molecule has 1 aromatic heterocycles. The maximum absolute atomic E-state index is 4.44. The predicted molar refractivity (Wildman–Crippen MR) is 76.4 cm³/mol. The van der Waals surface area contributed by atoms with Crippen LogP contribution >= 0.6 is 27.3 Å². The molecule has 0 aliphatic rings. The molecule has 90 valence electrons. The third kappa shape index (κ3) is 3.91. The Bertz CT molecular complexity index is 482. The minimum Gasteiger partial charge on any atom is -0.312 e. The maximum atomic E-state index is 4.44. The Balaban J connectivity index is 1.75. The van der Waals surface area contributed by atoms with Crippen LogP contribution in [0.4, 0.5) is 0 Å². The summed E-state index contributed by atoms with van der Waals surface area (Å²) in [4.78, 5) is 4.44. The minimum absolute atomic E-state index is 0.895. The molecular weight excluding hydrogens is 296 g/mol. The first-order valence-corrected chi connectivity index (χ1v) is 7.28. The smallest absolute Gasteiger partial charge is 0.0940 e. The van der Waals surface area contributed by atoms with E-state index in [-0.39, 0.29) is 0 Å². The number of aryl methyl sites for hydroxylation is 1. The van der Waals surface area contributed by atoms with Gasteiger partial charge in [0.15, 0.2) is 0 Å². The van der Waals surface area contributed by atoms with Crippen molar-refractivity contribution in [1.82, 2.24) is 10.3 Å². The molecule has 0 bridgehead atoms. The lowest BCUT2D eigenvalue weighted by atomic mass is 10.2. The quantitative estimate of drug-likeness (QED) is 0.854. The van der Waals surface area contributed by atoms with E-state index in [1.165, 1.54) is 10.6 Å². The Morgan fingerprint density at radius 3 is 2.88 bits per heavy atom.